The molecule has 176 valence electrons. The molecule has 1 aliphatic rings. The first kappa shape index (κ1) is 23.1. The number of fused-ring (bicyclic) bond motifs is 1. The molecule has 1 fully saturated rings. The third-order valence-electron chi connectivity index (χ3n) is 5.72. The van der Waals surface area contributed by atoms with Gasteiger partial charge in [-0.05, 0) is 49.2 Å². The number of nitrogens with two attached hydrogens (primary N) is 1. The highest BCUT2D eigenvalue weighted by Crippen LogP contribution is 2.34. The van der Waals surface area contributed by atoms with Gasteiger partial charge in [0.25, 0.3) is 0 Å². The van der Waals surface area contributed by atoms with Crippen LogP contribution in [-0.2, 0) is 4.79 Å². The fourth-order valence-corrected chi connectivity index (χ4v) is 4.14. The van der Waals surface area contributed by atoms with Crippen molar-refractivity contribution in [2.24, 2.45) is 5.92 Å². The Labute approximate surface area is 198 Å². The number of carboxylic acids is 1. The number of nitrogens with zero attached hydrogens (tertiary/aromatic N) is 4. The smallest absolute Gasteiger partial charge is 0.308 e. The Balaban J connectivity index is 0.00000133. The van der Waals surface area contributed by atoms with E-state index in [9.17, 15) is 9.90 Å². The van der Waals surface area contributed by atoms with E-state index < -0.39 is 11.9 Å². The van der Waals surface area contributed by atoms with E-state index >= 15 is 0 Å². The summed E-state index contributed by atoms with van der Waals surface area (Å²) in [6, 6.07) is 17.2. The molecule has 34 heavy (non-hydrogen) atoms. The van der Waals surface area contributed by atoms with Gasteiger partial charge in [-0.1, -0.05) is 32.0 Å². The summed E-state index contributed by atoms with van der Waals surface area (Å²) < 4.78 is 7.79. The van der Waals surface area contributed by atoms with Gasteiger partial charge in [0.2, 0.25) is 5.95 Å². The number of aliphatic carboxylic acids is 1. The molecule has 3 N–H and O–H groups in total. The Morgan fingerprint density at radius 2 is 1.79 bits per heavy atom. The minimum absolute atomic E-state index is 0.373. The Kier molecular flexibility index (Phi) is 6.96. The summed E-state index contributed by atoms with van der Waals surface area (Å²) in [5.74, 6) is 1.35. The summed E-state index contributed by atoms with van der Waals surface area (Å²) in [4.78, 5) is 22.7. The van der Waals surface area contributed by atoms with Crippen LogP contribution in [0.4, 0.5) is 11.8 Å². The lowest BCUT2D eigenvalue weighted by atomic mass is 9.99. The third-order valence-corrected chi connectivity index (χ3v) is 5.72. The maximum absolute atomic E-state index is 11.5. The summed E-state index contributed by atoms with van der Waals surface area (Å²) in [6.45, 7) is 5.16. The molecule has 1 atom stereocenters. The van der Waals surface area contributed by atoms with E-state index in [1.54, 1.807) is 6.20 Å². The van der Waals surface area contributed by atoms with Crippen molar-refractivity contribution in [1.82, 2.24) is 14.4 Å². The summed E-state index contributed by atoms with van der Waals surface area (Å²) in [7, 11) is 0. The number of para-hydroxylation sites is 1. The maximum Gasteiger partial charge on any atom is 0.308 e. The van der Waals surface area contributed by atoms with Gasteiger partial charge in [-0.15, -0.1) is 0 Å². The minimum Gasteiger partial charge on any atom is -0.481 e. The fourth-order valence-electron chi connectivity index (χ4n) is 4.14. The predicted octanol–water partition coefficient (Wildman–Crippen LogP) is 5.10. The first-order valence-electron chi connectivity index (χ1n) is 11.5. The van der Waals surface area contributed by atoms with Gasteiger partial charge in [-0.25, -0.2) is 9.97 Å². The fraction of sp³-hybridized carbons (Fsp3) is 0.269. The Hall–Kier alpha value is -4.07. The molecule has 0 amide bonds. The first-order valence-corrected chi connectivity index (χ1v) is 11.5. The van der Waals surface area contributed by atoms with Gasteiger partial charge in [0.15, 0.2) is 0 Å². The topological polar surface area (TPSA) is 106 Å². The number of anilines is 2. The Bertz CT molecular complexity index is 1250. The number of hydrogen-bond acceptors (Lipinski definition) is 6. The number of rotatable bonds is 5. The molecular weight excluding hydrogens is 430 g/mol. The molecule has 1 aliphatic heterocycles. The van der Waals surface area contributed by atoms with E-state index in [1.807, 2.05) is 83.9 Å². The summed E-state index contributed by atoms with van der Waals surface area (Å²) in [6.07, 6.45) is 4.92. The van der Waals surface area contributed by atoms with E-state index in [4.69, 9.17) is 15.5 Å². The quantitative estimate of drug-likeness (QED) is 0.428. The van der Waals surface area contributed by atoms with E-state index in [-0.39, 0.29) is 0 Å². The van der Waals surface area contributed by atoms with Crippen LogP contribution < -0.4 is 15.4 Å². The van der Waals surface area contributed by atoms with Crippen molar-refractivity contribution in [2.75, 3.05) is 23.7 Å². The van der Waals surface area contributed by atoms with Crippen LogP contribution in [0, 0.1) is 5.92 Å². The van der Waals surface area contributed by atoms with Crippen LogP contribution in [0.2, 0.25) is 0 Å². The molecule has 0 radical (unpaired) electrons. The lowest BCUT2D eigenvalue weighted by molar-refractivity contribution is -0.141. The van der Waals surface area contributed by atoms with Crippen molar-refractivity contribution < 1.29 is 14.6 Å². The highest BCUT2D eigenvalue weighted by Gasteiger charge is 2.29. The van der Waals surface area contributed by atoms with Crippen LogP contribution in [0.25, 0.3) is 16.8 Å². The number of carboxylic acid groups (broad SMARTS) is 1. The zero-order valence-corrected chi connectivity index (χ0v) is 19.4. The third kappa shape index (κ3) is 4.66. The standard InChI is InChI=1S/C24H23N5O3.C2H6/c25-22-21-20(16-8-10-19(11-9-16)32-18-6-2-1-3-7-18)27-24(29(21)14-12-26-22)28-13-4-5-17(15-28)23(30)31;1-2/h1-3,6-12,14,17H,4-5,13,15H2,(H2,25,26)(H,30,31);1-2H3. The Morgan fingerprint density at radius 3 is 2.50 bits per heavy atom. The molecule has 8 nitrogen and oxygen atoms in total. The molecule has 0 aliphatic carbocycles. The number of nitrogen functional groups attached to an aromatic ring is 1. The lowest BCUT2D eigenvalue weighted by Gasteiger charge is -2.30. The molecule has 8 heteroatoms. The van der Waals surface area contributed by atoms with Gasteiger partial charge < -0.3 is 20.5 Å². The summed E-state index contributed by atoms with van der Waals surface area (Å²) in [5.41, 5.74) is 8.52. The second-order valence-electron chi connectivity index (χ2n) is 7.85. The van der Waals surface area contributed by atoms with Crippen molar-refractivity contribution in [3.8, 4) is 22.8 Å². The first-order chi connectivity index (χ1) is 16.6. The number of benzene rings is 2. The molecule has 2 aromatic carbocycles. The molecule has 2 aromatic heterocycles. The molecule has 0 saturated carbocycles. The molecule has 1 unspecified atom stereocenters. The van der Waals surface area contributed by atoms with E-state index in [1.165, 1.54) is 0 Å². The normalized spacial score (nSPS) is 15.5. The minimum atomic E-state index is -0.772. The number of ether oxygens (including phenoxy) is 1. The predicted molar refractivity (Wildman–Crippen MR) is 133 cm³/mol. The highest BCUT2D eigenvalue weighted by atomic mass is 16.5. The molecule has 1 saturated heterocycles. The van der Waals surface area contributed by atoms with Crippen molar-refractivity contribution in [3.05, 3.63) is 67.0 Å². The largest absolute Gasteiger partial charge is 0.481 e. The molecular formula is C26H29N5O3. The maximum atomic E-state index is 11.5. The zero-order chi connectivity index (χ0) is 24.1. The average Bonchev–Trinajstić information content (AvgIpc) is 3.27. The van der Waals surface area contributed by atoms with Gasteiger partial charge in [-0.3, -0.25) is 9.20 Å². The SMILES string of the molecule is CC.Nc1nccn2c(N3CCCC(C(=O)O)C3)nc(-c3ccc(Oc4ccccc4)cc3)c12. The molecule has 0 bridgehead atoms. The van der Waals surface area contributed by atoms with Crippen LogP contribution in [-0.4, -0.2) is 38.5 Å². The second kappa shape index (κ2) is 10.2. The lowest BCUT2D eigenvalue weighted by Crippen LogP contribution is -2.39. The number of imidazole rings is 1. The highest BCUT2D eigenvalue weighted by molar-refractivity contribution is 5.87. The number of piperidine rings is 1. The number of aromatic nitrogens is 3. The van der Waals surface area contributed by atoms with Gasteiger partial charge in [0.05, 0.1) is 5.92 Å². The number of carbonyl (C=O) groups is 1. The van der Waals surface area contributed by atoms with Crippen molar-refractivity contribution >= 4 is 23.3 Å². The van der Waals surface area contributed by atoms with Crippen molar-refractivity contribution in [1.29, 1.82) is 0 Å². The summed E-state index contributed by atoms with van der Waals surface area (Å²) in [5, 5.41) is 9.48. The van der Waals surface area contributed by atoms with Gasteiger partial charge >= 0.3 is 5.97 Å². The number of hydrogen-bond donors (Lipinski definition) is 2. The molecule has 5 rings (SSSR count). The monoisotopic (exact) mass is 459 g/mol. The van der Waals surface area contributed by atoms with Crippen molar-refractivity contribution in [3.63, 3.8) is 0 Å². The van der Waals surface area contributed by atoms with Crippen LogP contribution >= 0.6 is 0 Å². The Morgan fingerprint density at radius 1 is 1.09 bits per heavy atom. The average molecular weight is 460 g/mol. The van der Waals surface area contributed by atoms with Crippen LogP contribution in [0.5, 0.6) is 11.5 Å². The van der Waals surface area contributed by atoms with Gasteiger partial charge in [0, 0.05) is 31.0 Å². The van der Waals surface area contributed by atoms with Crippen LogP contribution in [0.1, 0.15) is 26.7 Å². The summed E-state index contributed by atoms with van der Waals surface area (Å²) >= 11 is 0. The zero-order valence-electron chi connectivity index (χ0n) is 19.4. The van der Waals surface area contributed by atoms with Crippen LogP contribution in [0.15, 0.2) is 67.0 Å². The van der Waals surface area contributed by atoms with Gasteiger partial charge in [0.1, 0.15) is 28.5 Å². The van der Waals surface area contributed by atoms with Gasteiger partial charge in [-0.2, -0.15) is 0 Å². The molecule has 3 heterocycles. The second-order valence-corrected chi connectivity index (χ2v) is 7.85. The van der Waals surface area contributed by atoms with E-state index in [2.05, 4.69) is 4.98 Å². The van der Waals surface area contributed by atoms with Crippen molar-refractivity contribution in [2.45, 2.75) is 26.7 Å². The van der Waals surface area contributed by atoms with Crippen LogP contribution in [0.3, 0.4) is 0 Å². The molecule has 4 aromatic rings. The van der Waals surface area contributed by atoms with E-state index in [0.717, 1.165) is 30.0 Å². The van der Waals surface area contributed by atoms with E-state index in [0.29, 0.717) is 35.9 Å². The molecule has 0 spiro atoms.